The van der Waals surface area contributed by atoms with Gasteiger partial charge in [-0.15, -0.1) is 0 Å². The standard InChI is InChI=1S/C34H44ClN7O5/c35-24-12-10-23(11-13-24)21-46-25-19-28(42(20-25)30(43)9-3-5-22-14-17-38-18-15-22)32(45)40-27(7-4-16-39-34(36)37)31(44)33-41-26-6-1-2-8-29(26)47-33/h1-2,6,8,10-13,22,25,27-28,38H,3-5,7,9,14-21H2,(H,40,45)(H4,36,37,39)/t25-,27+,28+/m1/s1. The Hall–Kier alpha value is -4.00. The second kappa shape index (κ2) is 16.7. The molecule has 13 heteroatoms. The van der Waals surface area contributed by atoms with E-state index in [1.165, 1.54) is 0 Å². The Labute approximate surface area is 279 Å². The highest BCUT2D eigenvalue weighted by molar-refractivity contribution is 6.30. The number of nitrogens with zero attached hydrogens (tertiary/aromatic N) is 3. The maximum absolute atomic E-state index is 13.9. The Kier molecular flexibility index (Phi) is 12.2. The smallest absolute Gasteiger partial charge is 0.266 e. The number of oxazole rings is 1. The van der Waals surface area contributed by atoms with E-state index in [0.717, 1.165) is 44.3 Å². The predicted octanol–water partition coefficient (Wildman–Crippen LogP) is 3.56. The molecule has 2 fully saturated rings. The van der Waals surface area contributed by atoms with E-state index in [4.69, 9.17) is 32.2 Å². The number of ether oxygens (including phenoxy) is 1. The maximum Gasteiger partial charge on any atom is 0.266 e. The van der Waals surface area contributed by atoms with Gasteiger partial charge >= 0.3 is 0 Å². The molecular formula is C34H44ClN7O5. The summed E-state index contributed by atoms with van der Waals surface area (Å²) in [5.74, 6) is -0.528. The molecule has 2 aliphatic rings. The van der Waals surface area contributed by atoms with Crippen LogP contribution in [0.2, 0.25) is 5.02 Å². The summed E-state index contributed by atoms with van der Waals surface area (Å²) < 4.78 is 11.9. The molecule has 5 rings (SSSR count). The van der Waals surface area contributed by atoms with Gasteiger partial charge in [0.05, 0.1) is 18.8 Å². The normalized spacial score (nSPS) is 19.0. The largest absolute Gasteiger partial charge is 0.434 e. The van der Waals surface area contributed by atoms with Crippen LogP contribution in [0, 0.1) is 5.92 Å². The first-order chi connectivity index (χ1) is 22.8. The Morgan fingerprint density at radius 2 is 1.87 bits per heavy atom. The minimum Gasteiger partial charge on any atom is -0.434 e. The Bertz CT molecular complexity index is 1500. The summed E-state index contributed by atoms with van der Waals surface area (Å²) >= 11 is 6.03. The number of aromatic nitrogens is 1. The fourth-order valence-electron chi connectivity index (χ4n) is 6.26. The van der Waals surface area contributed by atoms with Crippen LogP contribution in [0.1, 0.15) is 67.6 Å². The van der Waals surface area contributed by atoms with E-state index in [0.29, 0.717) is 47.9 Å². The number of benzene rings is 2. The number of nitrogens with one attached hydrogen (secondary N) is 2. The molecule has 0 spiro atoms. The number of para-hydroxylation sites is 2. The first-order valence-electron chi connectivity index (χ1n) is 16.4. The monoisotopic (exact) mass is 665 g/mol. The minimum absolute atomic E-state index is 0.0548. The van der Waals surface area contributed by atoms with Crippen LogP contribution in [0.4, 0.5) is 0 Å². The van der Waals surface area contributed by atoms with Crippen LogP contribution in [-0.4, -0.2) is 77.8 Å². The highest BCUT2D eigenvalue weighted by atomic mass is 35.5. The number of likely N-dealkylation sites (tertiary alicyclic amines) is 1. The first-order valence-corrected chi connectivity index (χ1v) is 16.8. The van der Waals surface area contributed by atoms with Gasteiger partial charge in [0, 0.05) is 31.0 Å². The lowest BCUT2D eigenvalue weighted by molar-refractivity contribution is -0.138. The lowest BCUT2D eigenvalue weighted by atomic mass is 9.92. The SMILES string of the molecule is NC(N)=NCCC[C@H](NC(=O)[C@@H]1C[C@@H](OCc2ccc(Cl)cc2)CN1C(=O)CCCC1CCNCC1)C(=O)c1nc2ccccc2o1. The van der Waals surface area contributed by atoms with Crippen LogP contribution in [0.3, 0.4) is 0 Å². The zero-order valence-corrected chi connectivity index (χ0v) is 27.3. The lowest BCUT2D eigenvalue weighted by Gasteiger charge is -2.26. The second-order valence-electron chi connectivity index (χ2n) is 12.3. The number of ketones is 1. The first kappa shape index (κ1) is 34.3. The summed E-state index contributed by atoms with van der Waals surface area (Å²) in [7, 11) is 0. The van der Waals surface area contributed by atoms with Gasteiger partial charge in [0.2, 0.25) is 17.6 Å². The average Bonchev–Trinajstić information content (AvgIpc) is 3.71. The molecule has 12 nitrogen and oxygen atoms in total. The Morgan fingerprint density at radius 3 is 2.62 bits per heavy atom. The van der Waals surface area contributed by atoms with E-state index >= 15 is 0 Å². The van der Waals surface area contributed by atoms with Gasteiger partial charge < -0.3 is 36.2 Å². The van der Waals surface area contributed by atoms with Gasteiger partial charge in [-0.25, -0.2) is 4.98 Å². The highest BCUT2D eigenvalue weighted by Gasteiger charge is 2.41. The van der Waals surface area contributed by atoms with Crippen molar-refractivity contribution in [1.82, 2.24) is 20.5 Å². The van der Waals surface area contributed by atoms with E-state index < -0.39 is 23.8 Å². The second-order valence-corrected chi connectivity index (χ2v) is 12.7. The molecule has 0 radical (unpaired) electrons. The van der Waals surface area contributed by atoms with Gasteiger partial charge in [-0.3, -0.25) is 19.4 Å². The van der Waals surface area contributed by atoms with Crippen molar-refractivity contribution >= 4 is 46.3 Å². The molecule has 47 heavy (non-hydrogen) atoms. The number of amides is 2. The molecule has 2 amide bonds. The number of hydrogen-bond acceptors (Lipinski definition) is 8. The van der Waals surface area contributed by atoms with Crippen LogP contribution in [0.25, 0.3) is 11.1 Å². The van der Waals surface area contributed by atoms with Crippen molar-refractivity contribution in [2.24, 2.45) is 22.4 Å². The summed E-state index contributed by atoms with van der Waals surface area (Å²) in [5, 5.41) is 6.92. The average molecular weight is 666 g/mol. The number of rotatable bonds is 15. The van der Waals surface area contributed by atoms with Gasteiger partial charge in [0.1, 0.15) is 11.6 Å². The van der Waals surface area contributed by atoms with Gasteiger partial charge in [0.15, 0.2) is 11.5 Å². The predicted molar refractivity (Wildman–Crippen MR) is 180 cm³/mol. The molecule has 1 aromatic heterocycles. The molecule has 0 saturated carbocycles. The fraction of sp³-hybridized carbons (Fsp3) is 0.500. The topological polar surface area (TPSA) is 178 Å². The van der Waals surface area contributed by atoms with Crippen molar-refractivity contribution in [3.63, 3.8) is 0 Å². The number of hydrogen-bond donors (Lipinski definition) is 4. The van der Waals surface area contributed by atoms with Crippen molar-refractivity contribution < 1.29 is 23.5 Å². The molecule has 0 unspecified atom stereocenters. The lowest BCUT2D eigenvalue weighted by Crippen LogP contribution is -2.51. The number of nitrogens with two attached hydrogens (primary N) is 2. The number of carbonyl (C=O) groups excluding carboxylic acids is 3. The number of guanidine groups is 1. The van der Waals surface area contributed by atoms with Crippen LogP contribution >= 0.6 is 11.6 Å². The third kappa shape index (κ3) is 9.75. The van der Waals surface area contributed by atoms with Crippen LogP contribution in [-0.2, 0) is 20.9 Å². The number of Topliss-reactive ketones (excluding diaryl/α,β-unsaturated/α-hetero) is 1. The Balaban J connectivity index is 1.29. The van der Waals surface area contributed by atoms with Crippen molar-refractivity contribution in [3.05, 3.63) is 65.0 Å². The summed E-state index contributed by atoms with van der Waals surface area (Å²) in [5.41, 5.74) is 12.9. The van der Waals surface area contributed by atoms with E-state index in [9.17, 15) is 14.4 Å². The molecule has 252 valence electrons. The van der Waals surface area contributed by atoms with Crippen molar-refractivity contribution in [3.8, 4) is 0 Å². The summed E-state index contributed by atoms with van der Waals surface area (Å²) in [4.78, 5) is 51.2. The quantitative estimate of drug-likeness (QED) is 0.0818. The van der Waals surface area contributed by atoms with Gasteiger partial charge in [-0.2, -0.15) is 0 Å². The molecule has 3 aromatic rings. The third-order valence-electron chi connectivity index (χ3n) is 8.83. The van der Waals surface area contributed by atoms with Crippen molar-refractivity contribution in [2.75, 3.05) is 26.2 Å². The summed E-state index contributed by atoms with van der Waals surface area (Å²) in [6, 6.07) is 12.7. The third-order valence-corrected chi connectivity index (χ3v) is 9.08. The van der Waals surface area contributed by atoms with E-state index in [1.54, 1.807) is 41.3 Å². The van der Waals surface area contributed by atoms with E-state index in [-0.39, 0.29) is 43.4 Å². The zero-order chi connectivity index (χ0) is 33.2. The molecule has 3 heterocycles. The number of aliphatic imine (C=N–C) groups is 1. The van der Waals surface area contributed by atoms with Gasteiger partial charge in [-0.05, 0) is 87.4 Å². The number of fused-ring (bicyclic) bond motifs is 1. The molecule has 2 aliphatic heterocycles. The Morgan fingerprint density at radius 1 is 1.11 bits per heavy atom. The number of carbonyl (C=O) groups is 3. The molecular weight excluding hydrogens is 622 g/mol. The summed E-state index contributed by atoms with van der Waals surface area (Å²) in [6.45, 7) is 2.90. The van der Waals surface area contributed by atoms with Crippen molar-refractivity contribution in [1.29, 1.82) is 0 Å². The molecule has 2 saturated heterocycles. The maximum atomic E-state index is 13.9. The number of halogens is 1. The molecule has 2 aromatic carbocycles. The van der Waals surface area contributed by atoms with E-state index in [2.05, 4.69) is 20.6 Å². The highest BCUT2D eigenvalue weighted by Crippen LogP contribution is 2.26. The molecule has 0 aliphatic carbocycles. The molecule has 3 atom stereocenters. The summed E-state index contributed by atoms with van der Waals surface area (Å²) in [6.07, 6.45) is 4.92. The molecule has 6 N–H and O–H groups in total. The van der Waals surface area contributed by atoms with Crippen LogP contribution in [0.15, 0.2) is 57.9 Å². The number of piperidine rings is 1. The van der Waals surface area contributed by atoms with Crippen LogP contribution < -0.4 is 22.1 Å². The van der Waals surface area contributed by atoms with E-state index in [1.807, 2.05) is 12.1 Å². The van der Waals surface area contributed by atoms with Crippen molar-refractivity contribution in [2.45, 2.75) is 76.2 Å². The fourth-order valence-corrected chi connectivity index (χ4v) is 6.39. The van der Waals surface area contributed by atoms with Gasteiger partial charge in [0.25, 0.3) is 5.89 Å². The van der Waals surface area contributed by atoms with Gasteiger partial charge in [-0.1, -0.05) is 35.9 Å². The minimum atomic E-state index is -0.962. The zero-order valence-electron chi connectivity index (χ0n) is 26.5. The van der Waals surface area contributed by atoms with Crippen LogP contribution in [0.5, 0.6) is 0 Å². The molecule has 0 bridgehead atoms.